The minimum Gasteiger partial charge on any atom is -0.467 e. The molecule has 0 atom stereocenters. The molecule has 1 aromatic carbocycles. The monoisotopic (exact) mass is 334 g/mol. The van der Waals surface area contributed by atoms with E-state index in [1.54, 1.807) is 25.3 Å². The van der Waals surface area contributed by atoms with Gasteiger partial charge in [0.15, 0.2) is 0 Å². The molecule has 0 radical (unpaired) electrons. The quantitative estimate of drug-likeness (QED) is 0.794. The van der Waals surface area contributed by atoms with Crippen molar-refractivity contribution in [2.75, 3.05) is 11.4 Å². The molecule has 1 aliphatic heterocycles. The first-order valence-corrected chi connectivity index (χ1v) is 8.22. The Bertz CT molecular complexity index is 906. The molecule has 3 heterocycles. The second-order valence-electron chi connectivity index (χ2n) is 5.95. The third kappa shape index (κ3) is 3.10. The van der Waals surface area contributed by atoms with Crippen LogP contribution in [-0.2, 0) is 13.0 Å². The number of anilines is 2. The Morgan fingerprint density at radius 1 is 1.24 bits per heavy atom. The van der Waals surface area contributed by atoms with Gasteiger partial charge in [-0.2, -0.15) is 0 Å². The molecule has 126 valence electrons. The number of carbonyl (C=O) groups is 1. The average Bonchev–Trinajstić information content (AvgIpc) is 3.28. The maximum absolute atomic E-state index is 12.4. The predicted molar refractivity (Wildman–Crippen MR) is 93.8 cm³/mol. The standard InChI is InChI=1S/C19H18N4O2/c1-13-21-16(19(24)20-12-15-6-4-10-25-15)11-18(22-13)23-9-8-14-5-2-3-7-17(14)23/h2-7,10-11H,8-9,12H2,1H3,(H,20,24). The molecule has 2 aromatic heterocycles. The van der Waals surface area contributed by atoms with Crippen molar-refractivity contribution in [2.45, 2.75) is 19.9 Å². The van der Waals surface area contributed by atoms with Gasteiger partial charge in [-0.1, -0.05) is 18.2 Å². The van der Waals surface area contributed by atoms with Gasteiger partial charge >= 0.3 is 0 Å². The van der Waals surface area contributed by atoms with Crippen molar-refractivity contribution in [1.82, 2.24) is 15.3 Å². The average molecular weight is 334 g/mol. The van der Waals surface area contributed by atoms with Crippen LogP contribution in [0.5, 0.6) is 0 Å². The van der Waals surface area contributed by atoms with Gasteiger partial charge in [0.05, 0.1) is 12.8 Å². The van der Waals surface area contributed by atoms with Crippen molar-refractivity contribution in [2.24, 2.45) is 0 Å². The second kappa shape index (κ2) is 6.39. The maximum Gasteiger partial charge on any atom is 0.270 e. The van der Waals surface area contributed by atoms with E-state index in [1.165, 1.54) is 5.56 Å². The third-order valence-corrected chi connectivity index (χ3v) is 4.22. The Morgan fingerprint density at radius 3 is 2.96 bits per heavy atom. The lowest BCUT2D eigenvalue weighted by molar-refractivity contribution is 0.0942. The zero-order valence-corrected chi connectivity index (χ0v) is 13.9. The first kappa shape index (κ1) is 15.4. The molecule has 0 unspecified atom stereocenters. The molecule has 1 aliphatic rings. The largest absolute Gasteiger partial charge is 0.467 e. The molecule has 0 aliphatic carbocycles. The number of hydrogen-bond donors (Lipinski definition) is 1. The van der Waals surface area contributed by atoms with Crippen LogP contribution >= 0.6 is 0 Å². The van der Waals surface area contributed by atoms with E-state index in [1.807, 2.05) is 18.2 Å². The van der Waals surface area contributed by atoms with Crippen LogP contribution in [0, 0.1) is 6.92 Å². The molecule has 4 rings (SSSR count). The molecule has 1 amide bonds. The maximum atomic E-state index is 12.4. The van der Waals surface area contributed by atoms with Gasteiger partial charge in [-0.05, 0) is 37.1 Å². The third-order valence-electron chi connectivity index (χ3n) is 4.22. The highest BCUT2D eigenvalue weighted by Gasteiger charge is 2.22. The van der Waals surface area contributed by atoms with Gasteiger partial charge in [0.1, 0.15) is 23.1 Å². The summed E-state index contributed by atoms with van der Waals surface area (Å²) in [6.07, 6.45) is 2.55. The minimum absolute atomic E-state index is 0.240. The lowest BCUT2D eigenvalue weighted by atomic mass is 10.2. The fourth-order valence-corrected chi connectivity index (χ4v) is 3.05. The molecule has 0 bridgehead atoms. The summed E-state index contributed by atoms with van der Waals surface area (Å²) in [7, 11) is 0. The van der Waals surface area contributed by atoms with Crippen LogP contribution in [0.2, 0.25) is 0 Å². The molecule has 0 spiro atoms. The minimum atomic E-state index is -0.240. The molecule has 25 heavy (non-hydrogen) atoms. The van der Waals surface area contributed by atoms with Crippen LogP contribution in [0.3, 0.4) is 0 Å². The van der Waals surface area contributed by atoms with Crippen LogP contribution < -0.4 is 10.2 Å². The Balaban J connectivity index is 1.58. The zero-order chi connectivity index (χ0) is 17.2. The summed E-state index contributed by atoms with van der Waals surface area (Å²) in [5.74, 6) is 1.79. The van der Waals surface area contributed by atoms with Crippen LogP contribution in [0.15, 0.2) is 53.1 Å². The molecule has 1 N–H and O–H groups in total. The lowest BCUT2D eigenvalue weighted by Crippen LogP contribution is -2.25. The molecular weight excluding hydrogens is 316 g/mol. The number of amides is 1. The van der Waals surface area contributed by atoms with Gasteiger partial charge in [0.25, 0.3) is 5.91 Å². The van der Waals surface area contributed by atoms with E-state index in [-0.39, 0.29) is 5.91 Å². The molecule has 0 saturated carbocycles. The van der Waals surface area contributed by atoms with Crippen LogP contribution in [0.1, 0.15) is 27.6 Å². The molecule has 0 saturated heterocycles. The fraction of sp³-hybridized carbons (Fsp3) is 0.211. The van der Waals surface area contributed by atoms with E-state index in [2.05, 4.69) is 32.3 Å². The number of fused-ring (bicyclic) bond motifs is 1. The molecular formula is C19H18N4O2. The van der Waals surface area contributed by atoms with E-state index in [4.69, 9.17) is 4.42 Å². The SMILES string of the molecule is Cc1nc(C(=O)NCc2ccco2)cc(N2CCc3ccccc32)n1. The van der Waals surface area contributed by atoms with Gasteiger partial charge in [-0.25, -0.2) is 9.97 Å². The normalized spacial score (nSPS) is 12.9. The Kier molecular flexibility index (Phi) is 3.93. The number of aryl methyl sites for hydroxylation is 1. The van der Waals surface area contributed by atoms with E-state index in [0.29, 0.717) is 23.8 Å². The number of para-hydroxylation sites is 1. The van der Waals surface area contributed by atoms with Crippen molar-refractivity contribution in [3.05, 3.63) is 71.6 Å². The number of benzene rings is 1. The summed E-state index contributed by atoms with van der Waals surface area (Å²) in [5, 5.41) is 2.82. The van der Waals surface area contributed by atoms with Crippen molar-refractivity contribution in [3.63, 3.8) is 0 Å². The highest BCUT2D eigenvalue weighted by atomic mass is 16.3. The van der Waals surface area contributed by atoms with Gasteiger partial charge in [-0.15, -0.1) is 0 Å². The van der Waals surface area contributed by atoms with Crippen molar-refractivity contribution in [1.29, 1.82) is 0 Å². The lowest BCUT2D eigenvalue weighted by Gasteiger charge is -2.19. The highest BCUT2D eigenvalue weighted by molar-refractivity contribution is 5.93. The zero-order valence-electron chi connectivity index (χ0n) is 13.9. The number of carbonyl (C=O) groups excluding carboxylic acids is 1. The summed E-state index contributed by atoms with van der Waals surface area (Å²) in [6, 6.07) is 13.6. The summed E-state index contributed by atoms with van der Waals surface area (Å²) in [5.41, 5.74) is 2.79. The summed E-state index contributed by atoms with van der Waals surface area (Å²) >= 11 is 0. The highest BCUT2D eigenvalue weighted by Crippen LogP contribution is 2.33. The summed E-state index contributed by atoms with van der Waals surface area (Å²) in [4.78, 5) is 23.4. The predicted octanol–water partition coefficient (Wildman–Crippen LogP) is 3.00. The van der Waals surface area contributed by atoms with E-state index < -0.39 is 0 Å². The smallest absolute Gasteiger partial charge is 0.270 e. The van der Waals surface area contributed by atoms with Crippen LogP contribution in [0.4, 0.5) is 11.5 Å². The van der Waals surface area contributed by atoms with Crippen LogP contribution in [0.25, 0.3) is 0 Å². The fourth-order valence-electron chi connectivity index (χ4n) is 3.05. The number of hydrogen-bond acceptors (Lipinski definition) is 5. The van der Waals surface area contributed by atoms with Crippen molar-refractivity contribution >= 4 is 17.4 Å². The first-order valence-electron chi connectivity index (χ1n) is 8.22. The Hall–Kier alpha value is -3.15. The number of nitrogens with one attached hydrogen (secondary N) is 1. The van der Waals surface area contributed by atoms with Crippen molar-refractivity contribution in [3.8, 4) is 0 Å². The molecule has 3 aromatic rings. The Morgan fingerprint density at radius 2 is 2.12 bits per heavy atom. The Labute approximate surface area is 145 Å². The first-order chi connectivity index (χ1) is 12.2. The summed E-state index contributed by atoms with van der Waals surface area (Å²) < 4.78 is 5.23. The molecule has 6 nitrogen and oxygen atoms in total. The van der Waals surface area contributed by atoms with E-state index in [9.17, 15) is 4.79 Å². The van der Waals surface area contributed by atoms with Crippen LogP contribution in [-0.4, -0.2) is 22.4 Å². The number of furan rings is 1. The van der Waals surface area contributed by atoms with E-state index >= 15 is 0 Å². The van der Waals surface area contributed by atoms with Gasteiger partial charge in [0, 0.05) is 18.3 Å². The van der Waals surface area contributed by atoms with Gasteiger partial charge < -0.3 is 14.6 Å². The topological polar surface area (TPSA) is 71.3 Å². The van der Waals surface area contributed by atoms with E-state index in [0.717, 1.165) is 24.5 Å². The van der Waals surface area contributed by atoms with Gasteiger partial charge in [-0.3, -0.25) is 4.79 Å². The summed E-state index contributed by atoms with van der Waals surface area (Å²) in [6.45, 7) is 2.98. The molecule has 6 heteroatoms. The second-order valence-corrected chi connectivity index (χ2v) is 5.95. The van der Waals surface area contributed by atoms with Gasteiger partial charge in [0.2, 0.25) is 0 Å². The number of rotatable bonds is 4. The number of aromatic nitrogens is 2. The number of nitrogens with zero attached hydrogens (tertiary/aromatic N) is 3. The molecule has 0 fully saturated rings. The van der Waals surface area contributed by atoms with Crippen molar-refractivity contribution < 1.29 is 9.21 Å².